The third-order valence-electron chi connectivity index (χ3n) is 2.04. The van der Waals surface area contributed by atoms with Crippen LogP contribution in [0.4, 0.5) is 9.59 Å². The summed E-state index contributed by atoms with van der Waals surface area (Å²) in [6.07, 6.45) is -1.31. The zero-order valence-corrected chi connectivity index (χ0v) is 8.27. The molecule has 0 aliphatic carbocycles. The van der Waals surface area contributed by atoms with E-state index in [9.17, 15) is 9.59 Å². The van der Waals surface area contributed by atoms with Crippen molar-refractivity contribution in [3.05, 3.63) is 0 Å². The van der Waals surface area contributed by atoms with Crippen LogP contribution in [-0.2, 0) is 4.74 Å². The summed E-state index contributed by atoms with van der Waals surface area (Å²) in [5.74, 6) is 0.148. The summed E-state index contributed by atoms with van der Waals surface area (Å²) in [6, 6.07) is 0. The summed E-state index contributed by atoms with van der Waals surface area (Å²) in [5, 5.41) is 8.53. The van der Waals surface area contributed by atoms with Crippen LogP contribution in [0.5, 0.6) is 0 Å². The van der Waals surface area contributed by atoms with E-state index in [0.717, 1.165) is 0 Å². The number of hydrogen-bond acceptors (Lipinski definition) is 3. The van der Waals surface area contributed by atoms with E-state index < -0.39 is 12.2 Å². The maximum Gasteiger partial charge on any atom is 0.409 e. The molecule has 0 saturated carbocycles. The van der Waals surface area contributed by atoms with Gasteiger partial charge in [0, 0.05) is 33.1 Å². The number of ether oxygens (including phenoxy) is 1. The molecular formula is C8H14N2O4. The Morgan fingerprint density at radius 1 is 1.50 bits per heavy atom. The van der Waals surface area contributed by atoms with Crippen molar-refractivity contribution in [1.82, 2.24) is 9.80 Å². The Labute approximate surface area is 82.0 Å². The minimum atomic E-state index is -0.916. The van der Waals surface area contributed by atoms with E-state index in [4.69, 9.17) is 9.84 Å². The minimum absolute atomic E-state index is 0.148. The number of amides is 2. The van der Waals surface area contributed by atoms with Crippen molar-refractivity contribution >= 4 is 12.2 Å². The lowest BCUT2D eigenvalue weighted by atomic mass is 10.0. The van der Waals surface area contributed by atoms with Gasteiger partial charge in [-0.2, -0.15) is 0 Å². The second-order valence-corrected chi connectivity index (χ2v) is 3.52. The monoisotopic (exact) mass is 202 g/mol. The Bertz CT molecular complexity index is 235. The van der Waals surface area contributed by atoms with E-state index in [1.807, 2.05) is 0 Å². The Balaban J connectivity index is 2.12. The summed E-state index contributed by atoms with van der Waals surface area (Å²) in [5.41, 5.74) is 0. The molecule has 6 heteroatoms. The zero-order chi connectivity index (χ0) is 10.7. The van der Waals surface area contributed by atoms with Crippen molar-refractivity contribution in [3.8, 4) is 0 Å². The number of carboxylic acid groups (broad SMARTS) is 1. The van der Waals surface area contributed by atoms with E-state index >= 15 is 0 Å². The zero-order valence-electron chi connectivity index (χ0n) is 8.27. The molecule has 0 spiro atoms. The molecule has 6 nitrogen and oxygen atoms in total. The van der Waals surface area contributed by atoms with Gasteiger partial charge in [-0.25, -0.2) is 9.59 Å². The van der Waals surface area contributed by atoms with Crippen molar-refractivity contribution < 1.29 is 19.4 Å². The second-order valence-electron chi connectivity index (χ2n) is 3.52. The van der Waals surface area contributed by atoms with Gasteiger partial charge in [0.1, 0.15) is 0 Å². The van der Waals surface area contributed by atoms with Crippen molar-refractivity contribution in [3.63, 3.8) is 0 Å². The van der Waals surface area contributed by atoms with E-state index in [1.54, 1.807) is 14.1 Å². The Hall–Kier alpha value is -1.46. The van der Waals surface area contributed by atoms with E-state index in [0.29, 0.717) is 19.7 Å². The molecule has 1 saturated heterocycles. The highest BCUT2D eigenvalue weighted by Gasteiger charge is 2.31. The van der Waals surface area contributed by atoms with E-state index in [2.05, 4.69) is 0 Å². The van der Waals surface area contributed by atoms with Crippen LogP contribution in [0.25, 0.3) is 0 Å². The highest BCUT2D eigenvalue weighted by Crippen LogP contribution is 2.15. The van der Waals surface area contributed by atoms with Gasteiger partial charge in [0.2, 0.25) is 0 Å². The first-order chi connectivity index (χ1) is 6.50. The number of rotatable bonds is 2. The van der Waals surface area contributed by atoms with Crippen LogP contribution in [-0.4, -0.2) is 60.9 Å². The first-order valence-corrected chi connectivity index (χ1v) is 4.32. The first kappa shape index (κ1) is 10.6. The van der Waals surface area contributed by atoms with Crippen LogP contribution < -0.4 is 0 Å². The van der Waals surface area contributed by atoms with Crippen LogP contribution in [0.2, 0.25) is 0 Å². The molecule has 80 valence electrons. The lowest BCUT2D eigenvalue weighted by Gasteiger charge is -2.36. The second kappa shape index (κ2) is 4.17. The van der Waals surface area contributed by atoms with Gasteiger partial charge in [-0.05, 0) is 0 Å². The molecule has 2 amide bonds. The summed E-state index contributed by atoms with van der Waals surface area (Å²) in [7, 11) is 3.21. The fourth-order valence-corrected chi connectivity index (χ4v) is 1.15. The number of carbonyl (C=O) groups excluding carboxylic acids is 1. The largest absolute Gasteiger partial charge is 0.465 e. The van der Waals surface area contributed by atoms with Crippen LogP contribution in [0.3, 0.4) is 0 Å². The molecule has 1 aliphatic rings. The topological polar surface area (TPSA) is 70.1 Å². The molecule has 0 aromatic heterocycles. The highest BCUT2D eigenvalue weighted by atomic mass is 16.6. The van der Waals surface area contributed by atoms with Gasteiger partial charge in [-0.15, -0.1) is 0 Å². The van der Waals surface area contributed by atoms with E-state index in [-0.39, 0.29) is 5.92 Å². The van der Waals surface area contributed by atoms with Crippen LogP contribution >= 0.6 is 0 Å². The molecule has 0 aromatic rings. The molecule has 0 radical (unpaired) electrons. The molecule has 14 heavy (non-hydrogen) atoms. The molecule has 1 fully saturated rings. The van der Waals surface area contributed by atoms with Crippen molar-refractivity contribution in [1.29, 1.82) is 0 Å². The summed E-state index contributed by atoms with van der Waals surface area (Å²) in [4.78, 5) is 24.0. The van der Waals surface area contributed by atoms with Crippen molar-refractivity contribution in [2.75, 3.05) is 33.8 Å². The molecular weight excluding hydrogens is 188 g/mol. The third kappa shape index (κ3) is 2.51. The maximum absolute atomic E-state index is 11.0. The van der Waals surface area contributed by atoms with Gasteiger partial charge in [0.15, 0.2) is 0 Å². The number of nitrogens with zero attached hydrogens (tertiary/aromatic N) is 2. The molecule has 1 N–H and O–H groups in total. The summed E-state index contributed by atoms with van der Waals surface area (Å²) in [6.45, 7) is 1.20. The minimum Gasteiger partial charge on any atom is -0.465 e. The van der Waals surface area contributed by atoms with Gasteiger partial charge >= 0.3 is 12.2 Å². The Kier molecular flexibility index (Phi) is 3.16. The molecule has 1 heterocycles. The normalized spacial score (nSPS) is 16.0. The number of hydrogen-bond donors (Lipinski definition) is 1. The van der Waals surface area contributed by atoms with Gasteiger partial charge < -0.3 is 19.6 Å². The quantitative estimate of drug-likeness (QED) is 0.698. The smallest absolute Gasteiger partial charge is 0.409 e. The highest BCUT2D eigenvalue weighted by molar-refractivity contribution is 5.67. The number of carbonyl (C=O) groups is 2. The molecule has 0 unspecified atom stereocenters. The van der Waals surface area contributed by atoms with Crippen molar-refractivity contribution in [2.45, 2.75) is 0 Å². The fraction of sp³-hybridized carbons (Fsp3) is 0.750. The van der Waals surface area contributed by atoms with Crippen LogP contribution in [0, 0.1) is 5.92 Å². The molecule has 1 rings (SSSR count). The summed E-state index contributed by atoms with van der Waals surface area (Å²) < 4.78 is 4.90. The van der Waals surface area contributed by atoms with Gasteiger partial charge in [-0.1, -0.05) is 0 Å². The molecule has 0 bridgehead atoms. The fourth-order valence-electron chi connectivity index (χ4n) is 1.15. The Morgan fingerprint density at radius 3 is 2.50 bits per heavy atom. The van der Waals surface area contributed by atoms with Crippen LogP contribution in [0.15, 0.2) is 0 Å². The SMILES string of the molecule is CN(C)C(=O)OCC1CN(C(=O)O)C1. The van der Waals surface area contributed by atoms with Crippen molar-refractivity contribution in [2.24, 2.45) is 5.92 Å². The van der Waals surface area contributed by atoms with Gasteiger partial charge in [-0.3, -0.25) is 0 Å². The predicted octanol–water partition coefficient (Wildman–Crippen LogP) is 0.294. The van der Waals surface area contributed by atoms with Crippen LogP contribution in [0.1, 0.15) is 0 Å². The maximum atomic E-state index is 11.0. The predicted molar refractivity (Wildman–Crippen MR) is 48.1 cm³/mol. The average molecular weight is 202 g/mol. The lowest BCUT2D eigenvalue weighted by Crippen LogP contribution is -2.51. The molecule has 0 atom stereocenters. The van der Waals surface area contributed by atoms with Gasteiger partial charge in [0.05, 0.1) is 6.61 Å². The molecule has 0 aromatic carbocycles. The first-order valence-electron chi connectivity index (χ1n) is 4.32. The summed E-state index contributed by atoms with van der Waals surface area (Å²) >= 11 is 0. The van der Waals surface area contributed by atoms with Gasteiger partial charge in [0.25, 0.3) is 0 Å². The lowest BCUT2D eigenvalue weighted by molar-refractivity contribution is 0.0352. The number of likely N-dealkylation sites (tertiary alicyclic amines) is 1. The average Bonchev–Trinajstić information content (AvgIpc) is 1.99. The Morgan fingerprint density at radius 2 is 2.07 bits per heavy atom. The molecule has 1 aliphatic heterocycles. The third-order valence-corrected chi connectivity index (χ3v) is 2.04. The standard InChI is InChI=1S/C8H14N2O4/c1-9(2)8(13)14-5-6-3-10(4-6)7(11)12/h6H,3-5H2,1-2H3,(H,11,12). The van der Waals surface area contributed by atoms with E-state index in [1.165, 1.54) is 9.80 Å².